The van der Waals surface area contributed by atoms with Gasteiger partial charge in [0, 0.05) is 17.2 Å². The molecule has 0 heterocycles. The molecule has 4 aromatic carbocycles. The molecule has 0 saturated heterocycles. The van der Waals surface area contributed by atoms with Gasteiger partial charge >= 0.3 is 6.11 Å². The fourth-order valence-electron chi connectivity index (χ4n) is 4.43. The van der Waals surface area contributed by atoms with Crippen molar-refractivity contribution in [3.8, 4) is 28.7 Å². The number of benzene rings is 4. The molecule has 4 rings (SSSR count). The zero-order valence-corrected chi connectivity index (χ0v) is 22.8. The van der Waals surface area contributed by atoms with Crippen molar-refractivity contribution >= 4 is 0 Å². The summed E-state index contributed by atoms with van der Waals surface area (Å²) in [6, 6.07) is 7.81. The molecule has 0 saturated carbocycles. The summed E-state index contributed by atoms with van der Waals surface area (Å²) < 4.78 is 134. The highest BCUT2D eigenvalue weighted by atomic mass is 19.3. The van der Waals surface area contributed by atoms with Gasteiger partial charge in [0.2, 0.25) is 0 Å². The standard InChI is InChI=1S/C33H23F9O/c1-3-4-5-6-19-7-10-24(25(34)12-19)21-15-27(36)31(28(37)16-21)33(41,42)43-22-11-18(2)23(26(35)17-22)9-8-20-13-29(38)32(40)30(39)14-20/h7,10-17H,3-6H2,1-2H3. The Morgan fingerprint density at radius 2 is 1.35 bits per heavy atom. The maximum absolute atomic E-state index is 15.0. The normalized spacial score (nSPS) is 11.3. The molecule has 1 nitrogen and oxygen atoms in total. The van der Waals surface area contributed by atoms with Crippen molar-refractivity contribution in [1.29, 1.82) is 0 Å². The van der Waals surface area contributed by atoms with Crippen LogP contribution in [-0.4, -0.2) is 0 Å². The zero-order chi connectivity index (χ0) is 31.5. The third kappa shape index (κ3) is 7.16. The van der Waals surface area contributed by atoms with E-state index in [-0.39, 0.29) is 27.8 Å². The minimum atomic E-state index is -4.62. The second-order valence-electron chi connectivity index (χ2n) is 9.81. The summed E-state index contributed by atoms with van der Waals surface area (Å²) in [6.45, 7) is 3.27. The maximum atomic E-state index is 15.0. The van der Waals surface area contributed by atoms with Crippen molar-refractivity contribution < 1.29 is 44.3 Å². The Morgan fingerprint density at radius 3 is 1.93 bits per heavy atom. The number of unbranched alkanes of at least 4 members (excludes halogenated alkanes) is 2. The fraction of sp³-hybridized carbons (Fsp3) is 0.212. The van der Waals surface area contributed by atoms with Crippen LogP contribution in [0, 0.1) is 59.5 Å². The van der Waals surface area contributed by atoms with E-state index in [9.17, 15) is 39.5 Å². The number of aryl methyl sites for hydroxylation is 2. The molecular formula is C33H23F9O. The molecule has 0 aliphatic heterocycles. The Bertz CT molecular complexity index is 1670. The van der Waals surface area contributed by atoms with Crippen molar-refractivity contribution in [2.24, 2.45) is 0 Å². The molecule has 0 radical (unpaired) electrons. The van der Waals surface area contributed by atoms with Crippen molar-refractivity contribution in [3.05, 3.63) is 123 Å². The van der Waals surface area contributed by atoms with E-state index in [1.54, 1.807) is 6.07 Å². The number of rotatable bonds is 8. The van der Waals surface area contributed by atoms with Crippen molar-refractivity contribution in [3.63, 3.8) is 0 Å². The molecule has 0 amide bonds. The molecule has 0 aromatic heterocycles. The SMILES string of the molecule is CCCCCc1ccc(-c2cc(F)c(C(F)(F)Oc3cc(C)c(C#Cc4cc(F)c(F)c(F)c4)c(F)c3)c(F)c2)c(F)c1. The summed E-state index contributed by atoms with van der Waals surface area (Å²) in [7, 11) is 0. The molecular weight excluding hydrogens is 583 g/mol. The van der Waals surface area contributed by atoms with E-state index in [0.29, 0.717) is 42.3 Å². The van der Waals surface area contributed by atoms with Crippen LogP contribution in [0.5, 0.6) is 5.75 Å². The predicted octanol–water partition coefficient (Wildman–Crippen LogP) is 9.90. The van der Waals surface area contributed by atoms with Gasteiger partial charge in [-0.3, -0.25) is 0 Å². The van der Waals surface area contributed by atoms with E-state index in [1.165, 1.54) is 19.1 Å². The molecule has 0 aliphatic carbocycles. The largest absolute Gasteiger partial charge is 0.432 e. The topological polar surface area (TPSA) is 9.23 Å². The summed E-state index contributed by atoms with van der Waals surface area (Å²) in [5.74, 6) is -6.42. The van der Waals surface area contributed by atoms with Gasteiger partial charge in [0.15, 0.2) is 17.5 Å². The minimum absolute atomic E-state index is 0.0636. The Balaban J connectivity index is 1.58. The van der Waals surface area contributed by atoms with Gasteiger partial charge in [-0.15, -0.1) is 0 Å². The van der Waals surface area contributed by atoms with Gasteiger partial charge in [-0.2, -0.15) is 8.78 Å². The van der Waals surface area contributed by atoms with Crippen LogP contribution in [-0.2, 0) is 12.5 Å². The van der Waals surface area contributed by atoms with Crippen molar-refractivity contribution in [1.82, 2.24) is 0 Å². The number of ether oxygens (including phenoxy) is 1. The monoisotopic (exact) mass is 606 g/mol. The molecule has 0 fully saturated rings. The van der Waals surface area contributed by atoms with E-state index >= 15 is 0 Å². The number of hydrogen-bond donors (Lipinski definition) is 0. The first kappa shape index (κ1) is 31.5. The van der Waals surface area contributed by atoms with E-state index in [4.69, 9.17) is 0 Å². The van der Waals surface area contributed by atoms with Gasteiger partial charge in [0.25, 0.3) is 0 Å². The average molecular weight is 607 g/mol. The molecule has 0 spiro atoms. The maximum Gasteiger partial charge on any atom is 0.432 e. The van der Waals surface area contributed by atoms with E-state index in [1.807, 2.05) is 6.92 Å². The quantitative estimate of drug-likeness (QED) is 0.0840. The van der Waals surface area contributed by atoms with Crippen LogP contribution in [0.1, 0.15) is 54.0 Å². The van der Waals surface area contributed by atoms with Gasteiger partial charge in [-0.25, -0.2) is 30.7 Å². The summed E-state index contributed by atoms with van der Waals surface area (Å²) in [4.78, 5) is 0. The van der Waals surface area contributed by atoms with Crippen LogP contribution >= 0.6 is 0 Å². The molecule has 224 valence electrons. The molecule has 43 heavy (non-hydrogen) atoms. The first-order valence-corrected chi connectivity index (χ1v) is 13.1. The highest BCUT2D eigenvalue weighted by molar-refractivity contribution is 5.65. The molecule has 4 aromatic rings. The van der Waals surface area contributed by atoms with Crippen molar-refractivity contribution in [2.75, 3.05) is 0 Å². The Hall–Kier alpha value is -4.39. The average Bonchev–Trinajstić information content (AvgIpc) is 2.90. The van der Waals surface area contributed by atoms with E-state index in [0.717, 1.165) is 25.3 Å². The lowest BCUT2D eigenvalue weighted by Gasteiger charge is -2.20. The first-order chi connectivity index (χ1) is 20.3. The minimum Gasteiger partial charge on any atom is -0.429 e. The van der Waals surface area contributed by atoms with Gasteiger partial charge < -0.3 is 4.74 Å². The lowest BCUT2D eigenvalue weighted by molar-refractivity contribution is -0.189. The number of alkyl halides is 2. The Kier molecular flexibility index (Phi) is 9.43. The zero-order valence-electron chi connectivity index (χ0n) is 22.8. The van der Waals surface area contributed by atoms with Gasteiger partial charge in [-0.05, 0) is 72.9 Å². The van der Waals surface area contributed by atoms with Crippen LogP contribution in [0.4, 0.5) is 39.5 Å². The summed E-state index contributed by atoms with van der Waals surface area (Å²) in [5.41, 5.74) is -2.32. The van der Waals surface area contributed by atoms with Crippen LogP contribution in [0.25, 0.3) is 11.1 Å². The Labute approximate surface area is 241 Å². The second-order valence-corrected chi connectivity index (χ2v) is 9.81. The molecule has 0 bridgehead atoms. The highest BCUT2D eigenvalue weighted by Crippen LogP contribution is 2.38. The summed E-state index contributed by atoms with van der Waals surface area (Å²) in [6.07, 6.45) is -1.26. The molecule has 0 aliphatic rings. The molecule has 10 heteroatoms. The fourth-order valence-corrected chi connectivity index (χ4v) is 4.43. The predicted molar refractivity (Wildman–Crippen MR) is 143 cm³/mol. The van der Waals surface area contributed by atoms with Gasteiger partial charge in [-0.1, -0.05) is 43.7 Å². The summed E-state index contributed by atoms with van der Waals surface area (Å²) in [5, 5.41) is 0. The van der Waals surface area contributed by atoms with Crippen LogP contribution in [0.3, 0.4) is 0 Å². The third-order valence-corrected chi connectivity index (χ3v) is 6.57. The smallest absolute Gasteiger partial charge is 0.429 e. The molecule has 0 unspecified atom stereocenters. The van der Waals surface area contributed by atoms with Crippen LogP contribution < -0.4 is 4.74 Å². The lowest BCUT2D eigenvalue weighted by atomic mass is 9.99. The summed E-state index contributed by atoms with van der Waals surface area (Å²) >= 11 is 0. The highest BCUT2D eigenvalue weighted by Gasteiger charge is 2.41. The molecule has 0 N–H and O–H groups in total. The first-order valence-electron chi connectivity index (χ1n) is 13.1. The van der Waals surface area contributed by atoms with E-state index in [2.05, 4.69) is 16.6 Å². The van der Waals surface area contributed by atoms with Crippen molar-refractivity contribution in [2.45, 2.75) is 45.6 Å². The van der Waals surface area contributed by atoms with Gasteiger partial charge in [0.05, 0.1) is 5.56 Å². The third-order valence-electron chi connectivity index (χ3n) is 6.57. The Morgan fingerprint density at radius 1 is 0.698 bits per heavy atom. The second kappa shape index (κ2) is 12.9. The van der Waals surface area contributed by atoms with Gasteiger partial charge in [0.1, 0.15) is 34.6 Å². The number of halogens is 9. The van der Waals surface area contributed by atoms with Crippen LogP contribution in [0.15, 0.2) is 54.6 Å². The van der Waals surface area contributed by atoms with Crippen LogP contribution in [0.2, 0.25) is 0 Å². The number of hydrogen-bond acceptors (Lipinski definition) is 1. The molecule has 0 atom stereocenters. The van der Waals surface area contributed by atoms with E-state index < -0.39 is 58.1 Å². The lowest BCUT2D eigenvalue weighted by Crippen LogP contribution is -2.25.